The Balaban J connectivity index is 1.38. The van der Waals surface area contributed by atoms with Crippen molar-refractivity contribution in [2.75, 3.05) is 6.61 Å². The normalized spacial score (nSPS) is 52.9. The molecule has 6 nitrogen and oxygen atoms in total. The molecule has 7 aliphatic rings. The first kappa shape index (κ1) is 27.2. The number of allylic oxidation sites excluding steroid dienone is 1. The summed E-state index contributed by atoms with van der Waals surface area (Å²) < 4.78 is 18.4. The van der Waals surface area contributed by atoms with E-state index in [0.29, 0.717) is 30.8 Å². The minimum absolute atomic E-state index is 0.00594. The molecule has 7 fully saturated rings. The molecular formula is C32H50O6. The van der Waals surface area contributed by atoms with E-state index in [0.717, 1.165) is 38.5 Å². The van der Waals surface area contributed by atoms with Gasteiger partial charge in [0.2, 0.25) is 0 Å². The lowest BCUT2D eigenvalue weighted by Gasteiger charge is -2.74. The molecule has 11 atom stereocenters. The zero-order valence-corrected chi connectivity index (χ0v) is 24.8. The average Bonchev–Trinajstić information content (AvgIpc) is 3.31. The Morgan fingerprint density at radius 1 is 1.00 bits per heavy atom. The third-order valence-electron chi connectivity index (χ3n) is 13.5. The summed E-state index contributed by atoms with van der Waals surface area (Å²) in [6, 6.07) is 0. The van der Waals surface area contributed by atoms with E-state index in [1.54, 1.807) is 6.92 Å². The molecule has 4 saturated carbocycles. The van der Waals surface area contributed by atoms with Crippen molar-refractivity contribution in [3.63, 3.8) is 0 Å². The van der Waals surface area contributed by atoms with E-state index in [9.17, 15) is 15.0 Å². The minimum atomic E-state index is -1.06. The summed E-state index contributed by atoms with van der Waals surface area (Å²) in [4.78, 5) is 12.6. The molecule has 4 aliphatic carbocycles. The average molecular weight is 531 g/mol. The molecule has 6 heteroatoms. The van der Waals surface area contributed by atoms with Gasteiger partial charge in [-0.3, -0.25) is 4.79 Å². The molecule has 0 aromatic heterocycles. The van der Waals surface area contributed by atoms with E-state index < -0.39 is 11.9 Å². The monoisotopic (exact) mass is 530 g/mol. The first-order chi connectivity index (χ1) is 17.5. The molecule has 3 aliphatic heterocycles. The van der Waals surface area contributed by atoms with Crippen LogP contribution in [0, 0.1) is 45.3 Å². The number of hydrogen-bond acceptors (Lipinski definition) is 6. The fourth-order valence-electron chi connectivity index (χ4n) is 11.3. The second-order valence-corrected chi connectivity index (χ2v) is 15.6. The van der Waals surface area contributed by atoms with Gasteiger partial charge in [0.25, 0.3) is 0 Å². The van der Waals surface area contributed by atoms with Gasteiger partial charge in [0, 0.05) is 30.1 Å². The number of fused-ring (bicyclic) bond motifs is 5. The summed E-state index contributed by atoms with van der Waals surface area (Å²) in [6.45, 7) is 17.7. The molecule has 1 unspecified atom stereocenters. The van der Waals surface area contributed by atoms with Crippen molar-refractivity contribution < 1.29 is 29.2 Å². The van der Waals surface area contributed by atoms with Crippen molar-refractivity contribution in [1.82, 2.24) is 0 Å². The highest BCUT2D eigenvalue weighted by molar-refractivity contribution is 5.66. The highest BCUT2D eigenvalue weighted by atomic mass is 16.6. The van der Waals surface area contributed by atoms with Crippen LogP contribution in [0.25, 0.3) is 0 Å². The summed E-state index contributed by atoms with van der Waals surface area (Å²) >= 11 is 0. The van der Waals surface area contributed by atoms with Crippen molar-refractivity contribution in [3.05, 3.63) is 11.6 Å². The maximum atomic E-state index is 12.6. The lowest BCUT2D eigenvalue weighted by Crippen LogP contribution is -2.75. The molecule has 3 saturated heterocycles. The molecule has 38 heavy (non-hydrogen) atoms. The smallest absolute Gasteiger partial charge is 0.302 e. The van der Waals surface area contributed by atoms with Gasteiger partial charge in [-0.1, -0.05) is 39.3 Å². The van der Waals surface area contributed by atoms with E-state index in [-0.39, 0.29) is 51.4 Å². The van der Waals surface area contributed by atoms with Crippen LogP contribution in [0.15, 0.2) is 11.6 Å². The topological polar surface area (TPSA) is 88.5 Å². The predicted octanol–water partition coefficient (Wildman–Crippen LogP) is 5.40. The van der Waals surface area contributed by atoms with Gasteiger partial charge in [-0.15, -0.1) is 0 Å². The van der Waals surface area contributed by atoms with Crippen LogP contribution in [0.1, 0.15) is 100 Å². The third kappa shape index (κ3) is 3.36. The number of epoxide rings is 1. The number of aliphatic hydroxyl groups excluding tert-OH is 1. The predicted molar refractivity (Wildman–Crippen MR) is 144 cm³/mol. The maximum Gasteiger partial charge on any atom is 0.302 e. The number of carbonyl (C=O) groups is 1. The first-order valence-corrected chi connectivity index (χ1v) is 15.1. The molecule has 0 radical (unpaired) electrons. The second kappa shape index (κ2) is 8.08. The molecule has 3 heterocycles. The Bertz CT molecular complexity index is 1040. The number of carbonyl (C=O) groups excluding carboxylic acids is 1. The van der Waals surface area contributed by atoms with E-state index >= 15 is 0 Å². The van der Waals surface area contributed by atoms with Crippen molar-refractivity contribution in [1.29, 1.82) is 0 Å². The lowest BCUT2D eigenvalue weighted by molar-refractivity contribution is -0.404. The first-order valence-electron chi connectivity index (χ1n) is 15.1. The van der Waals surface area contributed by atoms with Gasteiger partial charge in [-0.2, -0.15) is 0 Å². The summed E-state index contributed by atoms with van der Waals surface area (Å²) in [5.74, 6) is 0.0282. The van der Waals surface area contributed by atoms with Crippen LogP contribution in [-0.4, -0.2) is 52.5 Å². The number of rotatable bonds is 4. The van der Waals surface area contributed by atoms with E-state index in [1.807, 2.05) is 19.9 Å². The van der Waals surface area contributed by atoms with E-state index in [2.05, 4.69) is 34.6 Å². The van der Waals surface area contributed by atoms with Gasteiger partial charge in [-0.05, 0) is 87.9 Å². The minimum Gasteiger partial charge on any atom is -0.462 e. The van der Waals surface area contributed by atoms with Crippen molar-refractivity contribution in [3.8, 4) is 0 Å². The SMILES string of the molecule is CC(=O)O[C@@H]1C[C@@H]2[C@@H](/C(C)=C/[C@H](O)C3OC3(C)C)CC[C@@]2(C)[C@]2(C)CC[C@H]3C(C)(C)[C@]4(O)CC[C@]3(CO4)[C@@H]12. The molecule has 0 aromatic rings. The largest absolute Gasteiger partial charge is 0.462 e. The molecular weight excluding hydrogens is 480 g/mol. The Morgan fingerprint density at radius 2 is 1.66 bits per heavy atom. The van der Waals surface area contributed by atoms with Crippen LogP contribution in [0.2, 0.25) is 0 Å². The standard InChI is InChI=1S/C32H50O6/c1-18(15-22(34)26-28(5,6)38-26)20-9-11-29(7)21(20)16-23(37-19(2)33)25-30(29,8)12-10-24-27(3,4)32(35)14-13-31(24,25)17-36-32/h15,20-26,34-35H,9-14,16-17H2,1-8H3/b18-15+/t20-,21-,22+,23-,24+,25+,26?,29-,30-,31-,32+/m1/s1. The molecule has 1 spiro atoms. The van der Waals surface area contributed by atoms with Crippen LogP contribution in [0.4, 0.5) is 0 Å². The summed E-state index contributed by atoms with van der Waals surface area (Å²) in [7, 11) is 0. The van der Waals surface area contributed by atoms with Crippen molar-refractivity contribution >= 4 is 5.97 Å². The van der Waals surface area contributed by atoms with Crippen LogP contribution >= 0.6 is 0 Å². The van der Waals surface area contributed by atoms with Crippen LogP contribution < -0.4 is 0 Å². The Labute approximate surface area is 228 Å². The van der Waals surface area contributed by atoms with Gasteiger partial charge >= 0.3 is 5.97 Å². The van der Waals surface area contributed by atoms with Gasteiger partial charge < -0.3 is 24.4 Å². The highest BCUT2D eigenvalue weighted by Crippen LogP contribution is 2.78. The number of aliphatic hydroxyl groups is 2. The summed E-state index contributed by atoms with van der Waals surface area (Å²) in [6.07, 6.45) is 7.98. The van der Waals surface area contributed by atoms with E-state index in [4.69, 9.17) is 14.2 Å². The van der Waals surface area contributed by atoms with Crippen LogP contribution in [-0.2, 0) is 19.0 Å². The Hall–Kier alpha value is -0.950. The molecule has 0 aromatic carbocycles. The molecule has 214 valence electrons. The molecule has 0 amide bonds. The quantitative estimate of drug-likeness (QED) is 0.288. The van der Waals surface area contributed by atoms with Crippen molar-refractivity contribution in [2.45, 2.75) is 130 Å². The number of ether oxygens (including phenoxy) is 3. The highest BCUT2D eigenvalue weighted by Gasteiger charge is 2.76. The fraction of sp³-hybridized carbons (Fsp3) is 0.906. The van der Waals surface area contributed by atoms with Crippen LogP contribution in [0.3, 0.4) is 0 Å². The fourth-order valence-corrected chi connectivity index (χ4v) is 11.3. The van der Waals surface area contributed by atoms with Gasteiger partial charge in [-0.25, -0.2) is 0 Å². The van der Waals surface area contributed by atoms with E-state index in [1.165, 1.54) is 5.57 Å². The molecule has 7 rings (SSSR count). The zero-order chi connectivity index (χ0) is 27.7. The molecule has 2 bridgehead atoms. The Morgan fingerprint density at radius 3 is 2.24 bits per heavy atom. The second-order valence-electron chi connectivity index (χ2n) is 15.6. The zero-order valence-electron chi connectivity index (χ0n) is 24.8. The Kier molecular flexibility index (Phi) is 5.79. The lowest BCUT2D eigenvalue weighted by atomic mass is 9.33. The third-order valence-corrected chi connectivity index (χ3v) is 13.5. The van der Waals surface area contributed by atoms with Crippen LogP contribution in [0.5, 0.6) is 0 Å². The summed E-state index contributed by atoms with van der Waals surface area (Å²) in [5.41, 5.74) is 0.653. The van der Waals surface area contributed by atoms with Gasteiger partial charge in [0.05, 0.1) is 12.2 Å². The van der Waals surface area contributed by atoms with Crippen molar-refractivity contribution in [2.24, 2.45) is 45.3 Å². The summed E-state index contributed by atoms with van der Waals surface area (Å²) in [5, 5.41) is 22.3. The molecule has 2 N–H and O–H groups in total. The maximum absolute atomic E-state index is 12.6. The van der Waals surface area contributed by atoms with Gasteiger partial charge in [0.15, 0.2) is 5.79 Å². The number of esters is 1. The van der Waals surface area contributed by atoms with Gasteiger partial charge in [0.1, 0.15) is 18.3 Å². The number of hydrogen-bond donors (Lipinski definition) is 2.